The summed E-state index contributed by atoms with van der Waals surface area (Å²) in [6.07, 6.45) is 6.91. The molecule has 2 N–H and O–H groups in total. The van der Waals surface area contributed by atoms with Crippen molar-refractivity contribution in [3.8, 4) is 0 Å². The van der Waals surface area contributed by atoms with Crippen LogP contribution in [-0.4, -0.2) is 23.9 Å². The van der Waals surface area contributed by atoms with Gasteiger partial charge in [-0.05, 0) is 25.2 Å². The molecule has 0 radical (unpaired) electrons. The molecule has 19 heavy (non-hydrogen) atoms. The number of methoxy groups -OCH3 is 1. The van der Waals surface area contributed by atoms with Crippen molar-refractivity contribution in [1.82, 2.24) is 10.1 Å². The summed E-state index contributed by atoms with van der Waals surface area (Å²) in [6, 6.07) is -0.216. The molecule has 1 fully saturated rings. The summed E-state index contributed by atoms with van der Waals surface area (Å²) in [5.74, 6) is 2.65. The molecule has 1 aliphatic carbocycles. The fraction of sp³-hybridized carbons (Fsp3) is 0.857. The summed E-state index contributed by atoms with van der Waals surface area (Å²) in [5.41, 5.74) is 6.00. The Labute approximate surface area is 114 Å². The molecule has 1 aliphatic rings. The fourth-order valence-corrected chi connectivity index (χ4v) is 2.83. The Bertz CT molecular complexity index is 381. The van der Waals surface area contributed by atoms with Gasteiger partial charge < -0.3 is 15.0 Å². The number of rotatable bonds is 6. The van der Waals surface area contributed by atoms with Crippen LogP contribution in [0.25, 0.3) is 0 Å². The Balaban J connectivity index is 1.96. The number of nitrogens with two attached hydrogens (primary N) is 1. The number of aromatic nitrogens is 2. The van der Waals surface area contributed by atoms with Crippen LogP contribution in [0.2, 0.25) is 0 Å². The van der Waals surface area contributed by atoms with Gasteiger partial charge in [-0.1, -0.05) is 31.3 Å². The SMILES string of the molecule is CCC1CCCC(c2noc(C(N)CCOC)n2)C1. The molecule has 0 bridgehead atoms. The van der Waals surface area contributed by atoms with Crippen molar-refractivity contribution >= 4 is 0 Å². The van der Waals surface area contributed by atoms with Crippen LogP contribution in [0.4, 0.5) is 0 Å². The van der Waals surface area contributed by atoms with Gasteiger partial charge in [0, 0.05) is 19.6 Å². The highest BCUT2D eigenvalue weighted by Gasteiger charge is 2.26. The van der Waals surface area contributed by atoms with Gasteiger partial charge in [0.1, 0.15) is 0 Å². The summed E-state index contributed by atoms with van der Waals surface area (Å²) in [5, 5.41) is 4.13. The summed E-state index contributed by atoms with van der Waals surface area (Å²) in [4.78, 5) is 4.50. The van der Waals surface area contributed by atoms with Crippen molar-refractivity contribution in [1.29, 1.82) is 0 Å². The van der Waals surface area contributed by atoms with Crippen LogP contribution < -0.4 is 5.73 Å². The van der Waals surface area contributed by atoms with E-state index in [4.69, 9.17) is 15.0 Å². The molecule has 1 aromatic heterocycles. The number of nitrogens with zero attached hydrogens (tertiary/aromatic N) is 2. The Morgan fingerprint density at radius 1 is 1.47 bits per heavy atom. The van der Waals surface area contributed by atoms with Crippen LogP contribution in [0.3, 0.4) is 0 Å². The lowest BCUT2D eigenvalue weighted by atomic mass is 9.80. The van der Waals surface area contributed by atoms with E-state index < -0.39 is 0 Å². The zero-order chi connectivity index (χ0) is 13.7. The number of hydrogen-bond donors (Lipinski definition) is 1. The molecule has 0 spiro atoms. The van der Waals surface area contributed by atoms with Crippen molar-refractivity contribution in [2.75, 3.05) is 13.7 Å². The molecule has 5 heteroatoms. The largest absolute Gasteiger partial charge is 0.385 e. The first kappa shape index (κ1) is 14.5. The molecule has 0 amide bonds. The Hall–Kier alpha value is -0.940. The van der Waals surface area contributed by atoms with Crippen LogP contribution in [0, 0.1) is 5.92 Å². The van der Waals surface area contributed by atoms with Crippen LogP contribution in [-0.2, 0) is 4.74 Å². The highest BCUT2D eigenvalue weighted by molar-refractivity contribution is 5.00. The second-order valence-corrected chi connectivity index (χ2v) is 5.52. The predicted octanol–water partition coefficient (Wildman–Crippen LogP) is 2.79. The Morgan fingerprint density at radius 2 is 2.32 bits per heavy atom. The maximum Gasteiger partial charge on any atom is 0.243 e. The second-order valence-electron chi connectivity index (χ2n) is 5.52. The van der Waals surface area contributed by atoms with Crippen molar-refractivity contribution in [3.05, 3.63) is 11.7 Å². The Morgan fingerprint density at radius 3 is 3.05 bits per heavy atom. The van der Waals surface area contributed by atoms with E-state index in [1.54, 1.807) is 7.11 Å². The normalized spacial score (nSPS) is 25.4. The first-order valence-corrected chi connectivity index (χ1v) is 7.32. The minimum absolute atomic E-state index is 0.216. The molecule has 1 saturated carbocycles. The monoisotopic (exact) mass is 267 g/mol. The minimum atomic E-state index is -0.216. The maximum atomic E-state index is 6.00. The molecule has 0 saturated heterocycles. The average Bonchev–Trinajstić information content (AvgIpc) is 2.94. The molecule has 5 nitrogen and oxygen atoms in total. The number of hydrogen-bond acceptors (Lipinski definition) is 5. The van der Waals surface area contributed by atoms with E-state index in [0.29, 0.717) is 24.8 Å². The van der Waals surface area contributed by atoms with E-state index in [9.17, 15) is 0 Å². The fourth-order valence-electron chi connectivity index (χ4n) is 2.83. The van der Waals surface area contributed by atoms with Crippen LogP contribution in [0.15, 0.2) is 4.52 Å². The molecular formula is C14H25N3O2. The van der Waals surface area contributed by atoms with E-state index in [2.05, 4.69) is 17.1 Å². The summed E-state index contributed by atoms with van der Waals surface area (Å²) < 4.78 is 10.3. The Kier molecular flexibility index (Phi) is 5.34. The lowest BCUT2D eigenvalue weighted by molar-refractivity contribution is 0.182. The summed E-state index contributed by atoms with van der Waals surface area (Å²) in [6.45, 7) is 2.87. The molecule has 0 aliphatic heterocycles. The van der Waals surface area contributed by atoms with Gasteiger partial charge in [0.2, 0.25) is 5.89 Å². The van der Waals surface area contributed by atoms with Crippen LogP contribution in [0.5, 0.6) is 0 Å². The third kappa shape index (κ3) is 3.76. The van der Waals surface area contributed by atoms with Gasteiger partial charge in [0.25, 0.3) is 0 Å². The smallest absolute Gasteiger partial charge is 0.243 e. The van der Waals surface area contributed by atoms with Crippen molar-refractivity contribution in [2.24, 2.45) is 11.7 Å². The standard InChI is InChI=1S/C14H25N3O2/c1-3-10-5-4-6-11(9-10)13-16-14(19-17-13)12(15)7-8-18-2/h10-12H,3-9,15H2,1-2H3. The van der Waals surface area contributed by atoms with Gasteiger partial charge in [0.15, 0.2) is 5.82 Å². The third-order valence-electron chi connectivity index (χ3n) is 4.13. The van der Waals surface area contributed by atoms with Gasteiger partial charge in [-0.15, -0.1) is 0 Å². The molecule has 1 aromatic rings. The van der Waals surface area contributed by atoms with Gasteiger partial charge in [0.05, 0.1) is 6.04 Å². The van der Waals surface area contributed by atoms with Gasteiger partial charge >= 0.3 is 0 Å². The first-order chi connectivity index (χ1) is 9.24. The first-order valence-electron chi connectivity index (χ1n) is 7.32. The lowest BCUT2D eigenvalue weighted by Crippen LogP contribution is -2.16. The van der Waals surface area contributed by atoms with Crippen LogP contribution in [0.1, 0.15) is 69.1 Å². The van der Waals surface area contributed by atoms with Crippen molar-refractivity contribution < 1.29 is 9.26 Å². The topological polar surface area (TPSA) is 74.2 Å². The molecule has 2 rings (SSSR count). The van der Waals surface area contributed by atoms with E-state index >= 15 is 0 Å². The summed E-state index contributed by atoms with van der Waals surface area (Å²) >= 11 is 0. The third-order valence-corrected chi connectivity index (χ3v) is 4.13. The van der Waals surface area contributed by atoms with Gasteiger partial charge in [-0.25, -0.2) is 0 Å². The van der Waals surface area contributed by atoms with Crippen LogP contribution >= 0.6 is 0 Å². The van der Waals surface area contributed by atoms with Gasteiger partial charge in [-0.3, -0.25) is 0 Å². The molecule has 1 heterocycles. The van der Waals surface area contributed by atoms with E-state index in [1.165, 1.54) is 32.1 Å². The number of ether oxygens (including phenoxy) is 1. The zero-order valence-corrected chi connectivity index (χ0v) is 12.0. The molecule has 3 atom stereocenters. The van der Waals surface area contributed by atoms with E-state index in [1.807, 2.05) is 0 Å². The molecular weight excluding hydrogens is 242 g/mol. The summed E-state index contributed by atoms with van der Waals surface area (Å²) in [7, 11) is 1.67. The minimum Gasteiger partial charge on any atom is -0.385 e. The second kappa shape index (κ2) is 7.01. The van der Waals surface area contributed by atoms with Crippen molar-refractivity contribution in [2.45, 2.75) is 57.4 Å². The molecule has 3 unspecified atom stereocenters. The maximum absolute atomic E-state index is 6.00. The zero-order valence-electron chi connectivity index (χ0n) is 12.0. The quantitative estimate of drug-likeness (QED) is 0.857. The highest BCUT2D eigenvalue weighted by atomic mass is 16.5. The molecule has 108 valence electrons. The van der Waals surface area contributed by atoms with E-state index in [0.717, 1.165) is 11.7 Å². The van der Waals surface area contributed by atoms with Gasteiger partial charge in [-0.2, -0.15) is 4.98 Å². The molecule has 0 aromatic carbocycles. The lowest BCUT2D eigenvalue weighted by Gasteiger charge is -2.26. The highest BCUT2D eigenvalue weighted by Crippen LogP contribution is 2.36. The predicted molar refractivity (Wildman–Crippen MR) is 72.7 cm³/mol. The van der Waals surface area contributed by atoms with E-state index in [-0.39, 0.29) is 6.04 Å². The average molecular weight is 267 g/mol. The van der Waals surface area contributed by atoms with Crippen molar-refractivity contribution in [3.63, 3.8) is 0 Å².